The van der Waals surface area contributed by atoms with Crippen molar-refractivity contribution in [3.05, 3.63) is 0 Å². The minimum atomic E-state index is 0.756. The quantitative estimate of drug-likeness (QED) is 0.792. The second-order valence-electron chi connectivity index (χ2n) is 6.12. The third-order valence-corrected chi connectivity index (χ3v) is 4.72. The lowest BCUT2D eigenvalue weighted by molar-refractivity contribution is 0.219. The lowest BCUT2D eigenvalue weighted by Gasteiger charge is -2.34. The fourth-order valence-corrected chi connectivity index (χ4v) is 3.31. The van der Waals surface area contributed by atoms with Crippen molar-refractivity contribution in [2.24, 2.45) is 5.92 Å². The van der Waals surface area contributed by atoms with Gasteiger partial charge in [-0.1, -0.05) is 13.3 Å². The molecule has 0 aromatic heterocycles. The first-order valence-corrected chi connectivity index (χ1v) is 7.78. The number of nitrogens with zero attached hydrogens (tertiary/aromatic N) is 1. The largest absolute Gasteiger partial charge is 0.311 e. The molecule has 1 saturated heterocycles. The highest BCUT2D eigenvalue weighted by molar-refractivity contribution is 4.84. The summed E-state index contributed by atoms with van der Waals surface area (Å²) in [6, 6.07) is 1.54. The molecule has 1 N–H and O–H groups in total. The van der Waals surface area contributed by atoms with Gasteiger partial charge in [0.15, 0.2) is 0 Å². The molecule has 2 fully saturated rings. The van der Waals surface area contributed by atoms with E-state index in [-0.39, 0.29) is 0 Å². The topological polar surface area (TPSA) is 15.3 Å². The van der Waals surface area contributed by atoms with Crippen LogP contribution in [-0.4, -0.2) is 36.6 Å². The SMILES string of the molecule is CCCN1CCCC(NC(C)C2CCC2)CC1. The first-order chi connectivity index (χ1) is 8.29. The van der Waals surface area contributed by atoms with Gasteiger partial charge in [-0.15, -0.1) is 0 Å². The fourth-order valence-electron chi connectivity index (χ4n) is 3.31. The summed E-state index contributed by atoms with van der Waals surface area (Å²) in [6.45, 7) is 8.62. The minimum Gasteiger partial charge on any atom is -0.311 e. The Bertz CT molecular complexity index is 213. The Labute approximate surface area is 107 Å². The van der Waals surface area contributed by atoms with Crippen LogP contribution in [0.5, 0.6) is 0 Å². The van der Waals surface area contributed by atoms with Gasteiger partial charge in [0.2, 0.25) is 0 Å². The van der Waals surface area contributed by atoms with E-state index in [1.165, 1.54) is 64.6 Å². The molecule has 1 aliphatic carbocycles. The zero-order valence-electron chi connectivity index (χ0n) is 11.8. The van der Waals surface area contributed by atoms with Gasteiger partial charge in [0.05, 0.1) is 0 Å². The zero-order chi connectivity index (χ0) is 12.1. The number of nitrogens with one attached hydrogen (secondary N) is 1. The summed E-state index contributed by atoms with van der Waals surface area (Å²) in [5, 5.41) is 3.90. The fraction of sp³-hybridized carbons (Fsp3) is 1.00. The number of hydrogen-bond acceptors (Lipinski definition) is 2. The van der Waals surface area contributed by atoms with Crippen LogP contribution in [0.1, 0.15) is 58.8 Å². The van der Waals surface area contributed by atoms with Gasteiger partial charge in [-0.3, -0.25) is 0 Å². The number of hydrogen-bond donors (Lipinski definition) is 1. The summed E-state index contributed by atoms with van der Waals surface area (Å²) >= 11 is 0. The molecule has 100 valence electrons. The maximum atomic E-state index is 3.90. The molecular formula is C15H30N2. The average molecular weight is 238 g/mol. The van der Waals surface area contributed by atoms with Gasteiger partial charge < -0.3 is 10.2 Å². The molecule has 2 unspecified atom stereocenters. The maximum absolute atomic E-state index is 3.90. The normalized spacial score (nSPS) is 29.6. The molecule has 0 amide bonds. The summed E-state index contributed by atoms with van der Waals surface area (Å²) in [5.74, 6) is 0.977. The highest BCUT2D eigenvalue weighted by Gasteiger charge is 2.26. The van der Waals surface area contributed by atoms with Crippen molar-refractivity contribution in [3.8, 4) is 0 Å². The number of likely N-dealkylation sites (tertiary alicyclic amines) is 1. The Kier molecular flexibility index (Phi) is 5.30. The van der Waals surface area contributed by atoms with E-state index >= 15 is 0 Å². The molecule has 2 nitrogen and oxygen atoms in total. The van der Waals surface area contributed by atoms with Gasteiger partial charge in [0, 0.05) is 12.1 Å². The van der Waals surface area contributed by atoms with E-state index in [1.807, 2.05) is 0 Å². The molecule has 17 heavy (non-hydrogen) atoms. The minimum absolute atomic E-state index is 0.756. The van der Waals surface area contributed by atoms with E-state index < -0.39 is 0 Å². The standard InChI is InChI=1S/C15H30N2/c1-3-10-17-11-5-8-15(9-12-17)16-13(2)14-6-4-7-14/h13-16H,3-12H2,1-2H3. The molecule has 0 aromatic carbocycles. The second kappa shape index (κ2) is 6.75. The van der Waals surface area contributed by atoms with Gasteiger partial charge in [0.25, 0.3) is 0 Å². The van der Waals surface area contributed by atoms with Crippen LogP contribution in [0.15, 0.2) is 0 Å². The molecule has 0 radical (unpaired) electrons. The molecule has 2 aliphatic rings. The van der Waals surface area contributed by atoms with Gasteiger partial charge in [-0.05, 0) is 71.0 Å². The van der Waals surface area contributed by atoms with E-state index in [9.17, 15) is 0 Å². The summed E-state index contributed by atoms with van der Waals surface area (Å²) in [4.78, 5) is 2.65. The third kappa shape index (κ3) is 3.96. The van der Waals surface area contributed by atoms with E-state index in [2.05, 4.69) is 24.1 Å². The lowest BCUT2D eigenvalue weighted by Crippen LogP contribution is -2.43. The molecule has 0 spiro atoms. The smallest absolute Gasteiger partial charge is 0.00823 e. The van der Waals surface area contributed by atoms with Crippen LogP contribution in [-0.2, 0) is 0 Å². The summed E-state index contributed by atoms with van der Waals surface area (Å²) < 4.78 is 0. The Morgan fingerprint density at radius 2 is 1.94 bits per heavy atom. The summed E-state index contributed by atoms with van der Waals surface area (Å²) in [6.07, 6.45) is 9.82. The van der Waals surface area contributed by atoms with Crippen molar-refractivity contribution in [2.45, 2.75) is 70.9 Å². The molecule has 1 saturated carbocycles. The third-order valence-electron chi connectivity index (χ3n) is 4.72. The predicted octanol–water partition coefficient (Wildman–Crippen LogP) is 3.03. The van der Waals surface area contributed by atoms with Crippen molar-refractivity contribution in [3.63, 3.8) is 0 Å². The highest BCUT2D eigenvalue weighted by Crippen LogP contribution is 2.30. The molecule has 1 aliphatic heterocycles. The lowest BCUT2D eigenvalue weighted by atomic mass is 9.80. The number of rotatable bonds is 5. The predicted molar refractivity (Wildman–Crippen MR) is 74.3 cm³/mol. The van der Waals surface area contributed by atoms with Crippen LogP contribution in [0.2, 0.25) is 0 Å². The molecule has 2 heteroatoms. The molecule has 0 bridgehead atoms. The van der Waals surface area contributed by atoms with Crippen LogP contribution in [0.25, 0.3) is 0 Å². The molecule has 1 heterocycles. The van der Waals surface area contributed by atoms with Crippen molar-refractivity contribution in [2.75, 3.05) is 19.6 Å². The second-order valence-corrected chi connectivity index (χ2v) is 6.12. The first-order valence-electron chi connectivity index (χ1n) is 7.78. The van der Waals surface area contributed by atoms with E-state index in [0.29, 0.717) is 0 Å². The summed E-state index contributed by atoms with van der Waals surface area (Å²) in [5.41, 5.74) is 0. The van der Waals surface area contributed by atoms with Crippen LogP contribution >= 0.6 is 0 Å². The molecular weight excluding hydrogens is 208 g/mol. The molecule has 2 atom stereocenters. The van der Waals surface area contributed by atoms with Crippen molar-refractivity contribution in [1.82, 2.24) is 10.2 Å². The van der Waals surface area contributed by atoms with Crippen molar-refractivity contribution >= 4 is 0 Å². The average Bonchev–Trinajstić information content (AvgIpc) is 2.42. The maximum Gasteiger partial charge on any atom is 0.00823 e. The van der Waals surface area contributed by atoms with Gasteiger partial charge in [0.1, 0.15) is 0 Å². The molecule has 0 aromatic rings. The monoisotopic (exact) mass is 238 g/mol. The highest BCUT2D eigenvalue weighted by atomic mass is 15.1. The van der Waals surface area contributed by atoms with Crippen LogP contribution in [0.3, 0.4) is 0 Å². The molecule has 2 rings (SSSR count). The Morgan fingerprint density at radius 3 is 2.59 bits per heavy atom. The Morgan fingerprint density at radius 1 is 1.12 bits per heavy atom. The van der Waals surface area contributed by atoms with Gasteiger partial charge >= 0.3 is 0 Å². The van der Waals surface area contributed by atoms with Crippen molar-refractivity contribution < 1.29 is 0 Å². The van der Waals surface area contributed by atoms with Crippen molar-refractivity contribution in [1.29, 1.82) is 0 Å². The Hall–Kier alpha value is -0.0800. The van der Waals surface area contributed by atoms with Crippen LogP contribution < -0.4 is 5.32 Å². The Balaban J connectivity index is 1.70. The van der Waals surface area contributed by atoms with Crippen LogP contribution in [0, 0.1) is 5.92 Å². The van der Waals surface area contributed by atoms with E-state index in [4.69, 9.17) is 0 Å². The van der Waals surface area contributed by atoms with E-state index in [0.717, 1.165) is 18.0 Å². The van der Waals surface area contributed by atoms with E-state index in [1.54, 1.807) is 0 Å². The van der Waals surface area contributed by atoms with Crippen LogP contribution in [0.4, 0.5) is 0 Å². The first kappa shape index (κ1) is 13.4. The zero-order valence-corrected chi connectivity index (χ0v) is 11.8. The summed E-state index contributed by atoms with van der Waals surface area (Å²) in [7, 11) is 0. The van der Waals surface area contributed by atoms with Gasteiger partial charge in [-0.25, -0.2) is 0 Å². The van der Waals surface area contributed by atoms with Gasteiger partial charge in [-0.2, -0.15) is 0 Å².